The zero-order chi connectivity index (χ0) is 15.4. The van der Waals surface area contributed by atoms with Gasteiger partial charge in [-0.05, 0) is 58.7 Å². The summed E-state index contributed by atoms with van der Waals surface area (Å²) in [5.74, 6) is 1.74. The van der Waals surface area contributed by atoms with Crippen molar-refractivity contribution < 1.29 is 9.47 Å². The summed E-state index contributed by atoms with van der Waals surface area (Å²) in [5.41, 5.74) is 3.23. The molecule has 2 aromatic rings. The Hall–Kier alpha value is -1.20. The molecule has 0 heterocycles. The van der Waals surface area contributed by atoms with Crippen LogP contribution in [-0.4, -0.2) is 14.2 Å². The van der Waals surface area contributed by atoms with Crippen LogP contribution in [0.5, 0.6) is 11.5 Å². The Labute approximate surface area is 141 Å². The van der Waals surface area contributed by atoms with Crippen molar-refractivity contribution in [2.75, 3.05) is 19.5 Å². The van der Waals surface area contributed by atoms with Crippen LogP contribution >= 0.6 is 31.9 Å². The van der Waals surface area contributed by atoms with E-state index in [1.165, 1.54) is 0 Å². The van der Waals surface area contributed by atoms with Gasteiger partial charge in [0, 0.05) is 22.3 Å². The summed E-state index contributed by atoms with van der Waals surface area (Å²) >= 11 is 7.02. The standard InChI is InChI=1S/C16H17Br2NO2/c1-10-6-13(4-5-15(10)20-2)19-9-11-7-12(17)8-14(18)16(11)21-3/h4-8,19H,9H2,1-3H3. The molecule has 0 aliphatic rings. The second kappa shape index (κ2) is 7.18. The second-order valence-corrected chi connectivity index (χ2v) is 6.39. The van der Waals surface area contributed by atoms with Crippen molar-refractivity contribution in [2.24, 2.45) is 0 Å². The maximum absolute atomic E-state index is 5.45. The summed E-state index contributed by atoms with van der Waals surface area (Å²) in [7, 11) is 3.36. The number of halogens is 2. The average molecular weight is 415 g/mol. The Morgan fingerprint density at radius 3 is 2.43 bits per heavy atom. The van der Waals surface area contributed by atoms with Crippen LogP contribution in [0.3, 0.4) is 0 Å². The largest absolute Gasteiger partial charge is 0.496 e. The predicted molar refractivity (Wildman–Crippen MR) is 93.5 cm³/mol. The molecule has 0 saturated carbocycles. The highest BCUT2D eigenvalue weighted by Gasteiger charge is 2.09. The van der Waals surface area contributed by atoms with Crippen molar-refractivity contribution in [1.29, 1.82) is 0 Å². The molecule has 0 unspecified atom stereocenters. The molecule has 0 aliphatic heterocycles. The highest BCUT2D eigenvalue weighted by Crippen LogP contribution is 2.33. The molecule has 0 radical (unpaired) electrons. The summed E-state index contributed by atoms with van der Waals surface area (Å²) in [6.45, 7) is 2.70. The molecule has 0 saturated heterocycles. The molecular weight excluding hydrogens is 398 g/mol. The molecule has 0 atom stereocenters. The molecule has 0 spiro atoms. The van der Waals surface area contributed by atoms with Crippen molar-refractivity contribution in [1.82, 2.24) is 0 Å². The lowest BCUT2D eigenvalue weighted by atomic mass is 10.1. The minimum Gasteiger partial charge on any atom is -0.496 e. The lowest BCUT2D eigenvalue weighted by Crippen LogP contribution is -2.03. The summed E-state index contributed by atoms with van der Waals surface area (Å²) in [6.07, 6.45) is 0. The lowest BCUT2D eigenvalue weighted by molar-refractivity contribution is 0.407. The minimum atomic E-state index is 0.674. The third kappa shape index (κ3) is 3.92. The average Bonchev–Trinajstić information content (AvgIpc) is 2.44. The van der Waals surface area contributed by atoms with E-state index in [0.717, 1.165) is 37.3 Å². The molecule has 0 aliphatic carbocycles. The molecule has 1 N–H and O–H groups in total. The molecule has 2 rings (SSSR count). The topological polar surface area (TPSA) is 30.5 Å². The zero-order valence-corrected chi connectivity index (χ0v) is 15.3. The van der Waals surface area contributed by atoms with E-state index in [9.17, 15) is 0 Å². The van der Waals surface area contributed by atoms with Gasteiger partial charge >= 0.3 is 0 Å². The SMILES string of the molecule is COc1ccc(NCc2cc(Br)cc(Br)c2OC)cc1C. The summed E-state index contributed by atoms with van der Waals surface area (Å²) in [4.78, 5) is 0. The van der Waals surface area contributed by atoms with Crippen LogP contribution in [0.4, 0.5) is 5.69 Å². The number of anilines is 1. The van der Waals surface area contributed by atoms with Gasteiger partial charge in [0.15, 0.2) is 0 Å². The van der Waals surface area contributed by atoms with E-state index in [2.05, 4.69) is 43.2 Å². The number of rotatable bonds is 5. The third-order valence-corrected chi connectivity index (χ3v) is 4.21. The van der Waals surface area contributed by atoms with E-state index in [0.29, 0.717) is 6.54 Å². The lowest BCUT2D eigenvalue weighted by Gasteiger charge is -2.14. The highest BCUT2D eigenvalue weighted by atomic mass is 79.9. The molecule has 0 fully saturated rings. The number of benzene rings is 2. The van der Waals surface area contributed by atoms with E-state index in [4.69, 9.17) is 9.47 Å². The van der Waals surface area contributed by atoms with Crippen molar-refractivity contribution in [3.8, 4) is 11.5 Å². The molecule has 112 valence electrons. The molecular formula is C16H17Br2NO2. The summed E-state index contributed by atoms with van der Waals surface area (Å²) < 4.78 is 12.7. The van der Waals surface area contributed by atoms with Gasteiger partial charge in [-0.15, -0.1) is 0 Å². The first-order chi connectivity index (χ1) is 10.0. The van der Waals surface area contributed by atoms with Crippen molar-refractivity contribution >= 4 is 37.5 Å². The van der Waals surface area contributed by atoms with Crippen molar-refractivity contribution in [2.45, 2.75) is 13.5 Å². The second-order valence-electron chi connectivity index (χ2n) is 4.62. The van der Waals surface area contributed by atoms with E-state index < -0.39 is 0 Å². The zero-order valence-electron chi connectivity index (χ0n) is 12.2. The fourth-order valence-electron chi connectivity index (χ4n) is 2.16. The van der Waals surface area contributed by atoms with Gasteiger partial charge in [0.25, 0.3) is 0 Å². The number of hydrogen-bond donors (Lipinski definition) is 1. The van der Waals surface area contributed by atoms with Gasteiger partial charge in [0.05, 0.1) is 18.7 Å². The maximum atomic E-state index is 5.45. The first kappa shape index (κ1) is 16.2. The Bertz CT molecular complexity index is 644. The Balaban J connectivity index is 2.18. The van der Waals surface area contributed by atoms with E-state index in [-0.39, 0.29) is 0 Å². The Morgan fingerprint density at radius 1 is 1.05 bits per heavy atom. The number of aryl methyl sites for hydroxylation is 1. The van der Waals surface area contributed by atoms with E-state index in [1.54, 1.807) is 14.2 Å². The molecule has 5 heteroatoms. The predicted octanol–water partition coefficient (Wildman–Crippen LogP) is 5.15. The molecule has 0 amide bonds. The van der Waals surface area contributed by atoms with Gasteiger partial charge in [-0.2, -0.15) is 0 Å². The van der Waals surface area contributed by atoms with Crippen LogP contribution in [0.15, 0.2) is 39.3 Å². The smallest absolute Gasteiger partial charge is 0.138 e. The van der Waals surface area contributed by atoms with Gasteiger partial charge in [0.1, 0.15) is 11.5 Å². The third-order valence-electron chi connectivity index (χ3n) is 3.17. The van der Waals surface area contributed by atoms with Crippen molar-refractivity contribution in [3.05, 3.63) is 50.4 Å². The monoisotopic (exact) mass is 413 g/mol. The molecule has 3 nitrogen and oxygen atoms in total. The highest BCUT2D eigenvalue weighted by molar-refractivity contribution is 9.11. The Morgan fingerprint density at radius 2 is 1.81 bits per heavy atom. The maximum Gasteiger partial charge on any atom is 0.138 e. The van der Waals surface area contributed by atoms with Crippen LogP contribution in [0.1, 0.15) is 11.1 Å². The summed E-state index contributed by atoms with van der Waals surface area (Å²) in [5, 5.41) is 3.41. The molecule has 0 bridgehead atoms. The molecule has 2 aromatic carbocycles. The molecule has 0 aromatic heterocycles. The minimum absolute atomic E-state index is 0.674. The quantitative estimate of drug-likeness (QED) is 0.733. The fourth-order valence-corrected chi connectivity index (χ4v) is 3.63. The van der Waals surface area contributed by atoms with Crippen LogP contribution in [0, 0.1) is 6.92 Å². The van der Waals surface area contributed by atoms with Gasteiger partial charge in [-0.3, -0.25) is 0 Å². The Kier molecular flexibility index (Phi) is 5.53. The van der Waals surface area contributed by atoms with Crippen molar-refractivity contribution in [3.63, 3.8) is 0 Å². The summed E-state index contributed by atoms with van der Waals surface area (Å²) in [6, 6.07) is 10.1. The van der Waals surface area contributed by atoms with Crippen LogP contribution < -0.4 is 14.8 Å². The first-order valence-electron chi connectivity index (χ1n) is 6.45. The van der Waals surface area contributed by atoms with E-state index in [1.807, 2.05) is 31.2 Å². The van der Waals surface area contributed by atoms with Gasteiger partial charge < -0.3 is 14.8 Å². The van der Waals surface area contributed by atoms with Gasteiger partial charge in [0.2, 0.25) is 0 Å². The van der Waals surface area contributed by atoms with Gasteiger partial charge in [-0.1, -0.05) is 15.9 Å². The number of hydrogen-bond acceptors (Lipinski definition) is 3. The normalized spacial score (nSPS) is 10.3. The molecule has 21 heavy (non-hydrogen) atoms. The van der Waals surface area contributed by atoms with Crippen LogP contribution in [0.2, 0.25) is 0 Å². The number of ether oxygens (including phenoxy) is 2. The van der Waals surface area contributed by atoms with Crippen LogP contribution in [-0.2, 0) is 6.54 Å². The number of methoxy groups -OCH3 is 2. The fraction of sp³-hybridized carbons (Fsp3) is 0.250. The first-order valence-corrected chi connectivity index (χ1v) is 8.04. The van der Waals surface area contributed by atoms with E-state index >= 15 is 0 Å². The van der Waals surface area contributed by atoms with Gasteiger partial charge in [-0.25, -0.2) is 0 Å². The number of nitrogens with one attached hydrogen (secondary N) is 1. The van der Waals surface area contributed by atoms with Crippen LogP contribution in [0.25, 0.3) is 0 Å².